The van der Waals surface area contributed by atoms with Gasteiger partial charge in [-0.2, -0.15) is 5.10 Å². The van der Waals surface area contributed by atoms with Crippen molar-refractivity contribution >= 4 is 0 Å². The van der Waals surface area contributed by atoms with Crippen molar-refractivity contribution in [3.63, 3.8) is 0 Å². The van der Waals surface area contributed by atoms with Crippen molar-refractivity contribution in [1.82, 2.24) is 19.6 Å². The summed E-state index contributed by atoms with van der Waals surface area (Å²) in [6.45, 7) is 7.92. The monoisotopic (exact) mass is 265 g/mol. The second-order valence-electron chi connectivity index (χ2n) is 5.38. The molecular formula is C14H27N5. The molecule has 19 heavy (non-hydrogen) atoms. The van der Waals surface area contributed by atoms with Crippen LogP contribution in [-0.2, 0) is 13.5 Å². The van der Waals surface area contributed by atoms with Crippen molar-refractivity contribution in [1.29, 1.82) is 0 Å². The van der Waals surface area contributed by atoms with E-state index in [0.717, 1.165) is 32.5 Å². The molecule has 0 amide bonds. The highest BCUT2D eigenvalue weighted by Gasteiger charge is 2.14. The van der Waals surface area contributed by atoms with E-state index in [1.54, 1.807) is 0 Å². The third-order valence-corrected chi connectivity index (χ3v) is 3.97. The van der Waals surface area contributed by atoms with Gasteiger partial charge in [-0.3, -0.25) is 4.68 Å². The van der Waals surface area contributed by atoms with Gasteiger partial charge in [0, 0.05) is 45.0 Å². The summed E-state index contributed by atoms with van der Waals surface area (Å²) in [5.41, 5.74) is 6.91. The van der Waals surface area contributed by atoms with Crippen molar-refractivity contribution in [2.45, 2.75) is 19.3 Å². The number of aryl methyl sites for hydroxylation is 1. The lowest BCUT2D eigenvalue weighted by atomic mass is 10.3. The number of nitrogens with zero attached hydrogens (tertiary/aromatic N) is 4. The standard InChI is InChI=1S/C14H27N5/c1-17-14(4-7-16-17)5-11-19-10-3-9-18(12-13-19)8-2-6-15/h4,7H,2-3,5-6,8-13,15H2,1H3. The smallest absolute Gasteiger partial charge is 0.0492 e. The van der Waals surface area contributed by atoms with Crippen molar-refractivity contribution in [2.75, 3.05) is 45.8 Å². The molecule has 5 nitrogen and oxygen atoms in total. The van der Waals surface area contributed by atoms with Crippen LogP contribution >= 0.6 is 0 Å². The molecule has 0 aliphatic carbocycles. The summed E-state index contributed by atoms with van der Waals surface area (Å²) in [5, 5.41) is 4.22. The molecule has 1 aromatic heterocycles. The summed E-state index contributed by atoms with van der Waals surface area (Å²) in [6.07, 6.45) is 5.37. The number of aromatic nitrogens is 2. The minimum atomic E-state index is 0.806. The van der Waals surface area contributed by atoms with Gasteiger partial charge < -0.3 is 15.5 Å². The third-order valence-electron chi connectivity index (χ3n) is 3.97. The Balaban J connectivity index is 1.72. The molecule has 0 atom stereocenters. The van der Waals surface area contributed by atoms with Gasteiger partial charge in [0.2, 0.25) is 0 Å². The van der Waals surface area contributed by atoms with Crippen LogP contribution in [0, 0.1) is 0 Å². The Hall–Kier alpha value is -0.910. The lowest BCUT2D eigenvalue weighted by molar-refractivity contribution is 0.256. The summed E-state index contributed by atoms with van der Waals surface area (Å²) in [5.74, 6) is 0. The van der Waals surface area contributed by atoms with Gasteiger partial charge in [-0.1, -0.05) is 0 Å². The summed E-state index contributed by atoms with van der Waals surface area (Å²) < 4.78 is 1.98. The van der Waals surface area contributed by atoms with E-state index in [9.17, 15) is 0 Å². The zero-order chi connectivity index (χ0) is 13.5. The lowest BCUT2D eigenvalue weighted by Crippen LogP contribution is -2.33. The van der Waals surface area contributed by atoms with E-state index in [2.05, 4.69) is 21.0 Å². The van der Waals surface area contributed by atoms with E-state index in [0.29, 0.717) is 0 Å². The van der Waals surface area contributed by atoms with Gasteiger partial charge in [0.15, 0.2) is 0 Å². The highest BCUT2D eigenvalue weighted by molar-refractivity contribution is 5.00. The molecule has 1 aliphatic heterocycles. The maximum Gasteiger partial charge on any atom is 0.0492 e. The molecule has 1 saturated heterocycles. The van der Waals surface area contributed by atoms with Crippen LogP contribution < -0.4 is 5.73 Å². The van der Waals surface area contributed by atoms with Crippen molar-refractivity contribution in [2.24, 2.45) is 12.8 Å². The highest BCUT2D eigenvalue weighted by atomic mass is 15.3. The zero-order valence-electron chi connectivity index (χ0n) is 12.1. The first kappa shape index (κ1) is 14.5. The third kappa shape index (κ3) is 4.60. The molecular weight excluding hydrogens is 238 g/mol. The Morgan fingerprint density at radius 3 is 2.53 bits per heavy atom. The maximum atomic E-state index is 5.58. The lowest BCUT2D eigenvalue weighted by Gasteiger charge is -2.21. The second-order valence-corrected chi connectivity index (χ2v) is 5.38. The first-order chi connectivity index (χ1) is 9.29. The Bertz CT molecular complexity index is 362. The molecule has 1 aliphatic rings. The zero-order valence-corrected chi connectivity index (χ0v) is 12.1. The van der Waals surface area contributed by atoms with Crippen molar-refractivity contribution in [3.05, 3.63) is 18.0 Å². The van der Waals surface area contributed by atoms with Crippen LogP contribution in [0.4, 0.5) is 0 Å². The Labute approximate surface area is 116 Å². The molecule has 2 heterocycles. The fourth-order valence-electron chi connectivity index (χ4n) is 2.71. The normalized spacial score (nSPS) is 18.6. The van der Waals surface area contributed by atoms with Gasteiger partial charge in [-0.05, 0) is 45.1 Å². The number of nitrogens with two attached hydrogens (primary N) is 1. The second kappa shape index (κ2) is 7.62. The molecule has 0 saturated carbocycles. The average molecular weight is 265 g/mol. The molecule has 0 radical (unpaired) electrons. The van der Waals surface area contributed by atoms with Crippen LogP contribution in [0.3, 0.4) is 0 Å². The van der Waals surface area contributed by atoms with Gasteiger partial charge in [0.1, 0.15) is 0 Å². The molecule has 1 fully saturated rings. The predicted octanol–water partition coefficient (Wildman–Crippen LogP) is 0.319. The largest absolute Gasteiger partial charge is 0.330 e. The van der Waals surface area contributed by atoms with Gasteiger partial charge in [0.25, 0.3) is 0 Å². The molecule has 1 aromatic rings. The highest BCUT2D eigenvalue weighted by Crippen LogP contribution is 2.06. The molecule has 2 rings (SSSR count). The van der Waals surface area contributed by atoms with Gasteiger partial charge in [0.05, 0.1) is 0 Å². The van der Waals surface area contributed by atoms with E-state index >= 15 is 0 Å². The van der Waals surface area contributed by atoms with E-state index in [1.807, 2.05) is 17.9 Å². The van der Waals surface area contributed by atoms with E-state index < -0.39 is 0 Å². The van der Waals surface area contributed by atoms with Crippen LogP contribution in [0.1, 0.15) is 18.5 Å². The SMILES string of the molecule is Cn1nccc1CCN1CCCN(CCCN)CC1. The van der Waals surface area contributed by atoms with E-state index in [-0.39, 0.29) is 0 Å². The van der Waals surface area contributed by atoms with Gasteiger partial charge in [-0.25, -0.2) is 0 Å². The average Bonchev–Trinajstić information content (AvgIpc) is 2.70. The number of rotatable bonds is 6. The molecule has 0 bridgehead atoms. The van der Waals surface area contributed by atoms with Crippen LogP contribution in [0.2, 0.25) is 0 Å². The van der Waals surface area contributed by atoms with Crippen LogP contribution in [0.15, 0.2) is 12.3 Å². The molecule has 5 heteroatoms. The molecule has 108 valence electrons. The van der Waals surface area contributed by atoms with Gasteiger partial charge in [-0.15, -0.1) is 0 Å². The van der Waals surface area contributed by atoms with E-state index in [4.69, 9.17) is 5.73 Å². The summed E-state index contributed by atoms with van der Waals surface area (Å²) in [7, 11) is 2.02. The van der Waals surface area contributed by atoms with E-state index in [1.165, 1.54) is 38.3 Å². The first-order valence-electron chi connectivity index (χ1n) is 7.41. The topological polar surface area (TPSA) is 50.3 Å². The summed E-state index contributed by atoms with van der Waals surface area (Å²) >= 11 is 0. The fraction of sp³-hybridized carbons (Fsp3) is 0.786. The van der Waals surface area contributed by atoms with Crippen molar-refractivity contribution < 1.29 is 0 Å². The van der Waals surface area contributed by atoms with Crippen LogP contribution in [0.5, 0.6) is 0 Å². The number of hydrogen-bond donors (Lipinski definition) is 1. The Kier molecular flexibility index (Phi) is 5.82. The number of hydrogen-bond acceptors (Lipinski definition) is 4. The molecule has 2 N–H and O–H groups in total. The summed E-state index contributed by atoms with van der Waals surface area (Å²) in [6, 6.07) is 2.12. The molecule has 0 unspecified atom stereocenters. The molecule has 0 spiro atoms. The molecule has 0 aromatic carbocycles. The first-order valence-corrected chi connectivity index (χ1v) is 7.41. The Morgan fingerprint density at radius 1 is 1.16 bits per heavy atom. The summed E-state index contributed by atoms with van der Waals surface area (Å²) in [4.78, 5) is 5.13. The van der Waals surface area contributed by atoms with Gasteiger partial charge >= 0.3 is 0 Å². The fourth-order valence-corrected chi connectivity index (χ4v) is 2.71. The van der Waals surface area contributed by atoms with Crippen molar-refractivity contribution in [3.8, 4) is 0 Å². The van der Waals surface area contributed by atoms with Crippen LogP contribution in [0.25, 0.3) is 0 Å². The predicted molar refractivity (Wildman–Crippen MR) is 78.1 cm³/mol. The minimum Gasteiger partial charge on any atom is -0.330 e. The quantitative estimate of drug-likeness (QED) is 0.805. The van der Waals surface area contributed by atoms with Crippen LogP contribution in [-0.4, -0.2) is 65.4 Å². The Morgan fingerprint density at radius 2 is 1.89 bits per heavy atom. The minimum absolute atomic E-state index is 0.806. The maximum absolute atomic E-state index is 5.58.